The summed E-state index contributed by atoms with van der Waals surface area (Å²) in [5, 5.41) is 0. The summed E-state index contributed by atoms with van der Waals surface area (Å²) < 4.78 is 10.7. The maximum Gasteiger partial charge on any atom is 0.161 e. The summed E-state index contributed by atoms with van der Waals surface area (Å²) in [6.07, 6.45) is 3.63. The highest BCUT2D eigenvalue weighted by Crippen LogP contribution is 2.16. The van der Waals surface area contributed by atoms with Crippen LogP contribution >= 0.6 is 0 Å². The molecule has 1 heterocycles. The first-order valence-corrected chi connectivity index (χ1v) is 5.01. The third-order valence-corrected chi connectivity index (χ3v) is 1.45. The second kappa shape index (κ2) is 7.25. The first kappa shape index (κ1) is 12.8. The topological polar surface area (TPSA) is 18.5 Å². The second-order valence-electron chi connectivity index (χ2n) is 2.85. The first-order chi connectivity index (χ1) is 6.74. The number of ether oxygens (including phenoxy) is 2. The van der Waals surface area contributed by atoms with E-state index in [1.165, 1.54) is 5.57 Å². The van der Waals surface area contributed by atoms with E-state index >= 15 is 0 Å². The van der Waals surface area contributed by atoms with Crippen LogP contribution in [0.15, 0.2) is 35.8 Å². The predicted molar refractivity (Wildman–Crippen MR) is 59.9 cm³/mol. The fourth-order valence-corrected chi connectivity index (χ4v) is 0.980. The van der Waals surface area contributed by atoms with Gasteiger partial charge in [-0.15, -0.1) is 0 Å². The fourth-order valence-electron chi connectivity index (χ4n) is 0.980. The molecule has 0 radical (unpaired) electrons. The maximum atomic E-state index is 5.40. The highest BCUT2D eigenvalue weighted by Gasteiger charge is 2.09. The van der Waals surface area contributed by atoms with Crippen LogP contribution in [0.2, 0.25) is 0 Å². The molecule has 2 heteroatoms. The van der Waals surface area contributed by atoms with Gasteiger partial charge in [0.05, 0.1) is 0 Å². The summed E-state index contributed by atoms with van der Waals surface area (Å²) in [5.74, 6) is 1.53. The predicted octanol–water partition coefficient (Wildman–Crippen LogP) is 3.42. The van der Waals surface area contributed by atoms with Crippen molar-refractivity contribution in [1.29, 1.82) is 0 Å². The zero-order valence-corrected chi connectivity index (χ0v) is 9.59. The van der Waals surface area contributed by atoms with Crippen LogP contribution in [-0.2, 0) is 9.47 Å². The summed E-state index contributed by atoms with van der Waals surface area (Å²) >= 11 is 0. The van der Waals surface area contributed by atoms with Crippen LogP contribution in [0.25, 0.3) is 0 Å². The van der Waals surface area contributed by atoms with Crippen LogP contribution in [0, 0.1) is 0 Å². The Kier molecular flexibility index (Phi) is 6.63. The quantitative estimate of drug-likeness (QED) is 0.673. The lowest BCUT2D eigenvalue weighted by molar-refractivity contribution is 0.0768. The molecule has 0 saturated carbocycles. The lowest BCUT2D eigenvalue weighted by Gasteiger charge is -2.18. The molecule has 0 aromatic heterocycles. The lowest BCUT2D eigenvalue weighted by atomic mass is 10.2. The van der Waals surface area contributed by atoms with Gasteiger partial charge in [-0.25, -0.2) is 0 Å². The molecule has 0 spiro atoms. The molecule has 80 valence electrons. The molecule has 0 bridgehead atoms. The standard InChI is InChI=1S/C10H14O2.C2H6/c1-4-9-10(7-8(2)3)12-6-5-11-9;1-2/h4,7H,1,5-6H2,2-3H3;1-2H3. The van der Waals surface area contributed by atoms with Crippen molar-refractivity contribution in [2.75, 3.05) is 13.2 Å². The van der Waals surface area contributed by atoms with E-state index < -0.39 is 0 Å². The number of rotatable bonds is 2. The zero-order chi connectivity index (χ0) is 11.0. The highest BCUT2D eigenvalue weighted by molar-refractivity contribution is 5.26. The van der Waals surface area contributed by atoms with E-state index in [-0.39, 0.29) is 0 Å². The summed E-state index contributed by atoms with van der Waals surface area (Å²) in [6.45, 7) is 12.9. The van der Waals surface area contributed by atoms with Crippen molar-refractivity contribution in [2.45, 2.75) is 27.7 Å². The molecule has 0 aromatic carbocycles. The molecule has 0 unspecified atom stereocenters. The fraction of sp³-hybridized carbons (Fsp3) is 0.500. The van der Waals surface area contributed by atoms with Crippen molar-refractivity contribution in [3.05, 3.63) is 35.8 Å². The van der Waals surface area contributed by atoms with Crippen molar-refractivity contribution in [3.63, 3.8) is 0 Å². The summed E-state index contributed by atoms with van der Waals surface area (Å²) in [6, 6.07) is 0. The normalized spacial score (nSPS) is 14.3. The van der Waals surface area contributed by atoms with Crippen LogP contribution in [-0.4, -0.2) is 13.2 Å². The molecule has 2 nitrogen and oxygen atoms in total. The molecule has 0 N–H and O–H groups in total. The molecule has 0 saturated heterocycles. The molecule has 14 heavy (non-hydrogen) atoms. The van der Waals surface area contributed by atoms with E-state index in [1.54, 1.807) is 6.08 Å². The molecule has 1 rings (SSSR count). The highest BCUT2D eigenvalue weighted by atomic mass is 16.6. The average molecular weight is 196 g/mol. The average Bonchev–Trinajstić information content (AvgIpc) is 2.21. The van der Waals surface area contributed by atoms with Gasteiger partial charge in [0, 0.05) is 0 Å². The van der Waals surface area contributed by atoms with Crippen molar-refractivity contribution in [3.8, 4) is 0 Å². The number of hydrogen-bond acceptors (Lipinski definition) is 2. The van der Waals surface area contributed by atoms with Gasteiger partial charge in [-0.2, -0.15) is 0 Å². The Labute approximate surface area is 86.9 Å². The molecular formula is C12H20O2. The second-order valence-corrected chi connectivity index (χ2v) is 2.85. The summed E-state index contributed by atoms with van der Waals surface area (Å²) in [7, 11) is 0. The Hall–Kier alpha value is -1.18. The first-order valence-electron chi connectivity index (χ1n) is 5.01. The molecule has 0 aliphatic carbocycles. The molecule has 0 aromatic rings. The minimum absolute atomic E-state index is 0.613. The molecule has 0 amide bonds. The van der Waals surface area contributed by atoms with Gasteiger partial charge in [0.25, 0.3) is 0 Å². The Morgan fingerprint density at radius 2 is 1.64 bits per heavy atom. The molecule has 1 aliphatic heterocycles. The van der Waals surface area contributed by atoms with Gasteiger partial charge in [0.15, 0.2) is 11.5 Å². The van der Waals surface area contributed by atoms with Crippen molar-refractivity contribution in [2.24, 2.45) is 0 Å². The summed E-state index contributed by atoms with van der Waals surface area (Å²) in [5.41, 5.74) is 1.19. The largest absolute Gasteiger partial charge is 0.486 e. The van der Waals surface area contributed by atoms with Crippen molar-refractivity contribution in [1.82, 2.24) is 0 Å². The minimum atomic E-state index is 0.613. The van der Waals surface area contributed by atoms with Crippen LogP contribution in [0.5, 0.6) is 0 Å². The minimum Gasteiger partial charge on any atom is -0.486 e. The Bertz CT molecular complexity index is 233. The van der Waals surface area contributed by atoms with Gasteiger partial charge in [-0.1, -0.05) is 26.0 Å². The molecule has 0 atom stereocenters. The van der Waals surface area contributed by atoms with Crippen LogP contribution < -0.4 is 0 Å². The summed E-state index contributed by atoms with van der Waals surface area (Å²) in [4.78, 5) is 0. The van der Waals surface area contributed by atoms with Crippen LogP contribution in [0.3, 0.4) is 0 Å². The zero-order valence-electron chi connectivity index (χ0n) is 9.59. The van der Waals surface area contributed by atoms with Gasteiger partial charge in [0.2, 0.25) is 0 Å². The third kappa shape index (κ3) is 4.17. The lowest BCUT2D eigenvalue weighted by Crippen LogP contribution is -2.11. The maximum absolute atomic E-state index is 5.40. The van der Waals surface area contributed by atoms with E-state index in [9.17, 15) is 0 Å². The van der Waals surface area contributed by atoms with Gasteiger partial charge in [-0.05, 0) is 26.0 Å². The van der Waals surface area contributed by atoms with Gasteiger partial charge in [0.1, 0.15) is 13.2 Å². The smallest absolute Gasteiger partial charge is 0.161 e. The number of allylic oxidation sites excluding steroid dienone is 3. The van der Waals surface area contributed by atoms with Gasteiger partial charge in [-0.3, -0.25) is 0 Å². The van der Waals surface area contributed by atoms with Gasteiger partial charge >= 0.3 is 0 Å². The monoisotopic (exact) mass is 196 g/mol. The van der Waals surface area contributed by atoms with Crippen molar-refractivity contribution >= 4 is 0 Å². The third-order valence-electron chi connectivity index (χ3n) is 1.45. The molecular weight excluding hydrogens is 176 g/mol. The van der Waals surface area contributed by atoms with Gasteiger partial charge < -0.3 is 9.47 Å². The number of hydrogen-bond donors (Lipinski definition) is 0. The van der Waals surface area contributed by atoms with E-state index in [2.05, 4.69) is 6.58 Å². The molecule has 1 aliphatic rings. The SMILES string of the molecule is C=CC1=C(C=C(C)C)OCCO1.CC. The van der Waals surface area contributed by atoms with Crippen LogP contribution in [0.4, 0.5) is 0 Å². The van der Waals surface area contributed by atoms with E-state index in [0.717, 1.165) is 11.5 Å². The Morgan fingerprint density at radius 1 is 1.14 bits per heavy atom. The van der Waals surface area contributed by atoms with E-state index in [4.69, 9.17) is 9.47 Å². The molecule has 0 fully saturated rings. The Balaban J connectivity index is 0.000000791. The Morgan fingerprint density at radius 3 is 2.07 bits per heavy atom. The van der Waals surface area contributed by atoms with Crippen LogP contribution in [0.1, 0.15) is 27.7 Å². The van der Waals surface area contributed by atoms with E-state index in [0.29, 0.717) is 13.2 Å². The van der Waals surface area contributed by atoms with Crippen molar-refractivity contribution < 1.29 is 9.47 Å². The van der Waals surface area contributed by atoms with E-state index in [1.807, 2.05) is 33.8 Å².